The highest BCUT2D eigenvalue weighted by Crippen LogP contribution is 2.23. The van der Waals surface area contributed by atoms with E-state index in [-0.39, 0.29) is 6.54 Å². The van der Waals surface area contributed by atoms with E-state index >= 15 is 0 Å². The van der Waals surface area contributed by atoms with E-state index in [1.807, 2.05) is 24.3 Å². The van der Waals surface area contributed by atoms with E-state index in [4.69, 9.17) is 8.83 Å². The second-order valence-corrected chi connectivity index (χ2v) is 4.59. The van der Waals surface area contributed by atoms with Crippen LogP contribution in [0.1, 0.15) is 12.7 Å². The summed E-state index contributed by atoms with van der Waals surface area (Å²) < 4.78 is 10.7. The molecule has 19 heavy (non-hydrogen) atoms. The maximum absolute atomic E-state index is 10.3. The second kappa shape index (κ2) is 4.44. The number of furan rings is 1. The summed E-state index contributed by atoms with van der Waals surface area (Å²) in [5.74, 6) is 0.496. The van der Waals surface area contributed by atoms with Gasteiger partial charge in [-0.05, 0) is 31.2 Å². The SMILES string of the molecule is CC(O)(CNc1nc2ccccc2o1)c1ccco1. The van der Waals surface area contributed by atoms with E-state index in [0.29, 0.717) is 17.4 Å². The van der Waals surface area contributed by atoms with E-state index in [1.54, 1.807) is 19.1 Å². The van der Waals surface area contributed by atoms with Gasteiger partial charge in [-0.1, -0.05) is 12.1 Å². The van der Waals surface area contributed by atoms with Crippen LogP contribution in [0.15, 0.2) is 51.5 Å². The van der Waals surface area contributed by atoms with Crippen LogP contribution in [0.25, 0.3) is 11.1 Å². The molecule has 0 aliphatic rings. The molecule has 2 heterocycles. The molecule has 0 amide bonds. The summed E-state index contributed by atoms with van der Waals surface area (Å²) in [6.45, 7) is 1.91. The molecule has 1 unspecified atom stereocenters. The first-order valence-electron chi connectivity index (χ1n) is 6.01. The molecule has 0 radical (unpaired) electrons. The number of hydrogen-bond donors (Lipinski definition) is 2. The molecule has 98 valence electrons. The lowest BCUT2D eigenvalue weighted by Crippen LogP contribution is -2.30. The number of benzene rings is 1. The second-order valence-electron chi connectivity index (χ2n) is 4.59. The van der Waals surface area contributed by atoms with Crippen LogP contribution in [0, 0.1) is 0 Å². The van der Waals surface area contributed by atoms with Crippen LogP contribution in [0.2, 0.25) is 0 Å². The lowest BCUT2D eigenvalue weighted by Gasteiger charge is -2.20. The third-order valence-electron chi connectivity index (χ3n) is 2.93. The Morgan fingerprint density at radius 3 is 2.84 bits per heavy atom. The normalized spacial score (nSPS) is 14.4. The smallest absolute Gasteiger partial charge is 0.295 e. The summed E-state index contributed by atoms with van der Waals surface area (Å²) >= 11 is 0. The Labute approximate surface area is 109 Å². The average molecular weight is 258 g/mol. The molecule has 0 aliphatic heterocycles. The van der Waals surface area contributed by atoms with Crippen LogP contribution in [0.3, 0.4) is 0 Å². The van der Waals surface area contributed by atoms with Gasteiger partial charge < -0.3 is 19.3 Å². The van der Waals surface area contributed by atoms with E-state index < -0.39 is 5.60 Å². The van der Waals surface area contributed by atoms with Gasteiger partial charge in [0.25, 0.3) is 6.01 Å². The summed E-state index contributed by atoms with van der Waals surface area (Å²) in [4.78, 5) is 4.28. The lowest BCUT2D eigenvalue weighted by molar-refractivity contribution is 0.0471. The van der Waals surface area contributed by atoms with Crippen LogP contribution in [0.5, 0.6) is 0 Å². The van der Waals surface area contributed by atoms with Crippen molar-refractivity contribution in [3.05, 3.63) is 48.4 Å². The highest BCUT2D eigenvalue weighted by Gasteiger charge is 2.26. The Kier molecular flexibility index (Phi) is 2.76. The van der Waals surface area contributed by atoms with Crippen molar-refractivity contribution in [2.75, 3.05) is 11.9 Å². The number of aliphatic hydroxyl groups is 1. The van der Waals surface area contributed by atoms with Crippen molar-refractivity contribution in [1.29, 1.82) is 0 Å². The van der Waals surface area contributed by atoms with Crippen LogP contribution in [-0.4, -0.2) is 16.6 Å². The molecule has 0 fully saturated rings. The van der Waals surface area contributed by atoms with E-state index in [9.17, 15) is 5.11 Å². The van der Waals surface area contributed by atoms with Gasteiger partial charge in [-0.3, -0.25) is 0 Å². The number of nitrogens with zero attached hydrogens (tertiary/aromatic N) is 1. The van der Waals surface area contributed by atoms with Crippen LogP contribution >= 0.6 is 0 Å². The largest absolute Gasteiger partial charge is 0.466 e. The third kappa shape index (κ3) is 2.32. The fourth-order valence-electron chi connectivity index (χ4n) is 1.87. The summed E-state index contributed by atoms with van der Waals surface area (Å²) in [5, 5.41) is 13.3. The number of para-hydroxylation sites is 2. The van der Waals surface area contributed by atoms with Crippen molar-refractivity contribution in [1.82, 2.24) is 4.98 Å². The maximum atomic E-state index is 10.3. The van der Waals surface area contributed by atoms with Gasteiger partial charge in [-0.2, -0.15) is 4.98 Å². The number of hydrogen-bond acceptors (Lipinski definition) is 5. The van der Waals surface area contributed by atoms with E-state index in [2.05, 4.69) is 10.3 Å². The van der Waals surface area contributed by atoms with Gasteiger partial charge in [0.15, 0.2) is 5.58 Å². The molecule has 0 saturated heterocycles. The molecule has 5 nitrogen and oxygen atoms in total. The minimum absolute atomic E-state index is 0.243. The maximum Gasteiger partial charge on any atom is 0.295 e. The fraction of sp³-hybridized carbons (Fsp3) is 0.214. The predicted octanol–water partition coefficient (Wildman–Crippen LogP) is 2.74. The lowest BCUT2D eigenvalue weighted by atomic mass is 10.0. The van der Waals surface area contributed by atoms with Gasteiger partial charge in [-0.25, -0.2) is 0 Å². The van der Waals surface area contributed by atoms with Gasteiger partial charge >= 0.3 is 0 Å². The third-order valence-corrected chi connectivity index (χ3v) is 2.93. The highest BCUT2D eigenvalue weighted by molar-refractivity contribution is 5.74. The number of nitrogens with one attached hydrogen (secondary N) is 1. The first-order chi connectivity index (χ1) is 9.15. The minimum atomic E-state index is -1.12. The molecule has 0 aliphatic carbocycles. The van der Waals surface area contributed by atoms with Gasteiger partial charge in [0, 0.05) is 0 Å². The standard InChI is InChI=1S/C14H14N2O3/c1-14(17,12-7-4-8-18-12)9-15-13-16-10-5-2-3-6-11(10)19-13/h2-8,17H,9H2,1H3,(H,15,16). The van der Waals surface area contributed by atoms with Gasteiger partial charge in [-0.15, -0.1) is 0 Å². The Morgan fingerprint density at radius 1 is 1.26 bits per heavy atom. The summed E-state index contributed by atoms with van der Waals surface area (Å²) in [6, 6.07) is 11.3. The van der Waals surface area contributed by atoms with E-state index in [0.717, 1.165) is 5.52 Å². The van der Waals surface area contributed by atoms with Crippen molar-refractivity contribution < 1.29 is 13.9 Å². The van der Waals surface area contributed by atoms with Gasteiger partial charge in [0.05, 0.1) is 12.8 Å². The molecule has 3 rings (SSSR count). The Bertz CT molecular complexity index is 638. The van der Waals surface area contributed by atoms with Crippen molar-refractivity contribution in [3.8, 4) is 0 Å². The summed E-state index contributed by atoms with van der Waals surface area (Å²) in [7, 11) is 0. The number of oxazole rings is 1. The number of anilines is 1. The first-order valence-corrected chi connectivity index (χ1v) is 6.01. The summed E-state index contributed by atoms with van der Waals surface area (Å²) in [6.07, 6.45) is 1.53. The zero-order valence-corrected chi connectivity index (χ0v) is 10.5. The van der Waals surface area contributed by atoms with Crippen LogP contribution in [0.4, 0.5) is 6.01 Å². The van der Waals surface area contributed by atoms with Crippen molar-refractivity contribution in [3.63, 3.8) is 0 Å². The molecule has 0 spiro atoms. The van der Waals surface area contributed by atoms with Gasteiger partial charge in [0.2, 0.25) is 0 Å². The Hall–Kier alpha value is -2.27. The van der Waals surface area contributed by atoms with Gasteiger partial charge in [0.1, 0.15) is 16.9 Å². The van der Waals surface area contributed by atoms with Crippen LogP contribution < -0.4 is 5.32 Å². The molecule has 1 aromatic carbocycles. The minimum Gasteiger partial charge on any atom is -0.466 e. The zero-order valence-electron chi connectivity index (χ0n) is 10.5. The molecular formula is C14H14N2O3. The number of aromatic nitrogens is 1. The molecule has 5 heteroatoms. The van der Waals surface area contributed by atoms with Crippen molar-refractivity contribution in [2.24, 2.45) is 0 Å². The first kappa shape index (κ1) is 11.8. The molecule has 3 aromatic rings. The average Bonchev–Trinajstić information content (AvgIpc) is 3.05. The Balaban J connectivity index is 1.75. The molecule has 2 N–H and O–H groups in total. The fourth-order valence-corrected chi connectivity index (χ4v) is 1.87. The highest BCUT2D eigenvalue weighted by atomic mass is 16.4. The van der Waals surface area contributed by atoms with Crippen molar-refractivity contribution >= 4 is 17.1 Å². The van der Waals surface area contributed by atoms with Crippen molar-refractivity contribution in [2.45, 2.75) is 12.5 Å². The molecule has 1 atom stereocenters. The monoisotopic (exact) mass is 258 g/mol. The number of fused-ring (bicyclic) bond motifs is 1. The molecule has 0 saturated carbocycles. The molecule has 2 aromatic heterocycles. The Morgan fingerprint density at radius 2 is 2.11 bits per heavy atom. The number of rotatable bonds is 4. The summed E-state index contributed by atoms with van der Waals surface area (Å²) in [5.41, 5.74) is 0.370. The zero-order chi connectivity index (χ0) is 13.3. The quantitative estimate of drug-likeness (QED) is 0.752. The molecule has 0 bridgehead atoms. The predicted molar refractivity (Wildman–Crippen MR) is 70.8 cm³/mol. The van der Waals surface area contributed by atoms with Crippen LogP contribution in [-0.2, 0) is 5.60 Å². The topological polar surface area (TPSA) is 71.4 Å². The van der Waals surface area contributed by atoms with E-state index in [1.165, 1.54) is 6.26 Å². The molecular weight excluding hydrogens is 244 g/mol.